The van der Waals surface area contributed by atoms with Crippen LogP contribution >= 0.6 is 0 Å². The molecular weight excluding hydrogens is 406 g/mol. The summed E-state index contributed by atoms with van der Waals surface area (Å²) < 4.78 is 0. The van der Waals surface area contributed by atoms with Gasteiger partial charge in [0.25, 0.3) is 5.91 Å². The molecule has 2 aliphatic heterocycles. The van der Waals surface area contributed by atoms with Gasteiger partial charge in [-0.25, -0.2) is 0 Å². The maximum Gasteiger partial charge on any atom is 0.255 e. The number of benzene rings is 1. The van der Waals surface area contributed by atoms with Crippen molar-refractivity contribution in [2.24, 2.45) is 16.9 Å². The highest BCUT2D eigenvalue weighted by molar-refractivity contribution is 6.06. The number of nitrogens with zero attached hydrogens (tertiary/aromatic N) is 2. The zero-order valence-corrected chi connectivity index (χ0v) is 19.4. The normalized spacial score (nSPS) is 18.7. The van der Waals surface area contributed by atoms with Crippen LogP contribution in [-0.2, 0) is 16.1 Å². The fourth-order valence-corrected chi connectivity index (χ4v) is 4.62. The molecule has 2 heterocycles. The number of anilines is 1. The fraction of sp³-hybridized carbons (Fsp3) is 0.625. The van der Waals surface area contributed by atoms with E-state index < -0.39 is 6.04 Å². The molecule has 1 aromatic rings. The second kappa shape index (κ2) is 10.4. The Morgan fingerprint density at radius 3 is 2.56 bits per heavy atom. The Hall–Kier alpha value is -2.45. The number of hydrogen-bond acceptors (Lipinski definition) is 6. The molecule has 3 amide bonds. The molecule has 0 spiro atoms. The molecular formula is C24H37N5O3. The van der Waals surface area contributed by atoms with Gasteiger partial charge in [-0.05, 0) is 62.7 Å². The van der Waals surface area contributed by atoms with E-state index in [4.69, 9.17) is 11.5 Å². The molecule has 1 fully saturated rings. The Labute approximate surface area is 190 Å². The summed E-state index contributed by atoms with van der Waals surface area (Å²) in [5.74, 6) is -0.795. The SMILES string of the molecule is CC(C)(CCN)CCN(CCCCN)c1cccc2c1CN(C1CCC(=O)NC1=O)C2=O. The molecule has 1 aromatic carbocycles. The van der Waals surface area contributed by atoms with E-state index in [1.54, 1.807) is 4.90 Å². The lowest BCUT2D eigenvalue weighted by Gasteiger charge is -2.32. The Morgan fingerprint density at radius 1 is 1.09 bits per heavy atom. The second-order valence-electron chi connectivity index (χ2n) is 9.64. The minimum atomic E-state index is -0.602. The number of nitrogens with one attached hydrogen (secondary N) is 1. The number of unbranched alkanes of at least 4 members (excludes halogenated alkanes) is 1. The first kappa shape index (κ1) is 24.2. The van der Waals surface area contributed by atoms with E-state index in [1.807, 2.05) is 12.1 Å². The summed E-state index contributed by atoms with van der Waals surface area (Å²) in [6, 6.07) is 5.22. The van der Waals surface area contributed by atoms with Crippen molar-refractivity contribution in [1.29, 1.82) is 0 Å². The Kier molecular flexibility index (Phi) is 7.90. The molecule has 1 unspecified atom stereocenters. The molecule has 0 bridgehead atoms. The lowest BCUT2D eigenvalue weighted by atomic mass is 9.85. The van der Waals surface area contributed by atoms with Crippen LogP contribution < -0.4 is 21.7 Å². The predicted octanol–water partition coefficient (Wildman–Crippen LogP) is 1.76. The third-order valence-corrected chi connectivity index (χ3v) is 6.66. The largest absolute Gasteiger partial charge is 0.371 e. The second-order valence-corrected chi connectivity index (χ2v) is 9.64. The molecule has 1 saturated heterocycles. The third kappa shape index (κ3) is 5.48. The summed E-state index contributed by atoms with van der Waals surface area (Å²) in [7, 11) is 0. The number of piperidine rings is 1. The molecule has 0 saturated carbocycles. The van der Waals surface area contributed by atoms with Gasteiger partial charge in [0.15, 0.2) is 0 Å². The molecule has 0 aliphatic carbocycles. The van der Waals surface area contributed by atoms with Crippen molar-refractivity contribution in [3.63, 3.8) is 0 Å². The van der Waals surface area contributed by atoms with Crippen LogP contribution in [0.25, 0.3) is 0 Å². The molecule has 1 atom stereocenters. The van der Waals surface area contributed by atoms with Crippen molar-refractivity contribution in [2.75, 3.05) is 31.1 Å². The monoisotopic (exact) mass is 443 g/mol. The van der Waals surface area contributed by atoms with Crippen LogP contribution in [0, 0.1) is 5.41 Å². The first-order valence-corrected chi connectivity index (χ1v) is 11.7. The highest BCUT2D eigenvalue weighted by Crippen LogP contribution is 2.35. The van der Waals surface area contributed by atoms with Crippen molar-refractivity contribution >= 4 is 23.4 Å². The Balaban J connectivity index is 1.83. The third-order valence-electron chi connectivity index (χ3n) is 6.66. The van der Waals surface area contributed by atoms with Gasteiger partial charge in [-0.1, -0.05) is 19.9 Å². The van der Waals surface area contributed by atoms with Crippen LogP contribution in [0.3, 0.4) is 0 Å². The zero-order chi connectivity index (χ0) is 23.3. The smallest absolute Gasteiger partial charge is 0.255 e. The van der Waals surface area contributed by atoms with Crippen LogP contribution in [0.15, 0.2) is 18.2 Å². The number of nitrogens with two attached hydrogens (primary N) is 2. The zero-order valence-electron chi connectivity index (χ0n) is 19.4. The van der Waals surface area contributed by atoms with Gasteiger partial charge in [-0.2, -0.15) is 0 Å². The van der Waals surface area contributed by atoms with Gasteiger partial charge in [-0.15, -0.1) is 0 Å². The molecule has 0 aromatic heterocycles. The topological polar surface area (TPSA) is 122 Å². The van der Waals surface area contributed by atoms with Crippen molar-refractivity contribution in [3.05, 3.63) is 29.3 Å². The molecule has 5 N–H and O–H groups in total. The van der Waals surface area contributed by atoms with E-state index in [1.165, 1.54) is 0 Å². The van der Waals surface area contributed by atoms with E-state index >= 15 is 0 Å². The Bertz CT molecular complexity index is 854. The minimum Gasteiger partial charge on any atom is -0.371 e. The lowest BCUT2D eigenvalue weighted by Crippen LogP contribution is -2.52. The fourth-order valence-electron chi connectivity index (χ4n) is 4.62. The van der Waals surface area contributed by atoms with E-state index in [0.717, 1.165) is 50.0 Å². The van der Waals surface area contributed by atoms with E-state index in [0.29, 0.717) is 31.6 Å². The van der Waals surface area contributed by atoms with E-state index in [2.05, 4.69) is 30.1 Å². The van der Waals surface area contributed by atoms with Gasteiger partial charge in [0.05, 0.1) is 0 Å². The van der Waals surface area contributed by atoms with Crippen molar-refractivity contribution < 1.29 is 14.4 Å². The molecule has 8 heteroatoms. The molecule has 176 valence electrons. The first-order valence-electron chi connectivity index (χ1n) is 11.7. The van der Waals surface area contributed by atoms with Crippen molar-refractivity contribution in [3.8, 4) is 0 Å². The molecule has 2 aliphatic rings. The lowest BCUT2D eigenvalue weighted by molar-refractivity contribution is -0.136. The quantitative estimate of drug-likeness (QED) is 0.354. The summed E-state index contributed by atoms with van der Waals surface area (Å²) >= 11 is 0. The average molecular weight is 444 g/mol. The molecule has 8 nitrogen and oxygen atoms in total. The van der Waals surface area contributed by atoms with Gasteiger partial charge in [0.2, 0.25) is 11.8 Å². The van der Waals surface area contributed by atoms with Crippen LogP contribution in [0.5, 0.6) is 0 Å². The molecule has 3 rings (SSSR count). The van der Waals surface area contributed by atoms with E-state index in [-0.39, 0.29) is 29.6 Å². The van der Waals surface area contributed by atoms with Gasteiger partial charge in [-0.3, -0.25) is 19.7 Å². The average Bonchev–Trinajstić information content (AvgIpc) is 3.07. The molecule has 0 radical (unpaired) electrons. The van der Waals surface area contributed by atoms with Gasteiger partial charge < -0.3 is 21.3 Å². The minimum absolute atomic E-state index is 0.132. The van der Waals surface area contributed by atoms with Crippen LogP contribution in [0.1, 0.15) is 68.3 Å². The summed E-state index contributed by atoms with van der Waals surface area (Å²) in [5, 5.41) is 2.37. The highest BCUT2D eigenvalue weighted by Gasteiger charge is 2.40. The van der Waals surface area contributed by atoms with Crippen molar-refractivity contribution in [1.82, 2.24) is 10.2 Å². The maximum absolute atomic E-state index is 13.2. The van der Waals surface area contributed by atoms with Crippen LogP contribution in [-0.4, -0.2) is 54.8 Å². The van der Waals surface area contributed by atoms with Gasteiger partial charge >= 0.3 is 0 Å². The predicted molar refractivity (Wildman–Crippen MR) is 125 cm³/mol. The number of rotatable bonds is 11. The van der Waals surface area contributed by atoms with Gasteiger partial charge in [0.1, 0.15) is 6.04 Å². The number of carbonyl (C=O) groups is 3. The number of amides is 3. The number of hydrogen-bond donors (Lipinski definition) is 3. The first-order chi connectivity index (χ1) is 15.3. The number of carbonyl (C=O) groups excluding carboxylic acids is 3. The number of fused-ring (bicyclic) bond motifs is 1. The number of imide groups is 1. The molecule has 32 heavy (non-hydrogen) atoms. The maximum atomic E-state index is 13.2. The highest BCUT2D eigenvalue weighted by atomic mass is 16.2. The van der Waals surface area contributed by atoms with Gasteiger partial charge in [0, 0.05) is 42.9 Å². The summed E-state index contributed by atoms with van der Waals surface area (Å²) in [4.78, 5) is 41.1. The summed E-state index contributed by atoms with van der Waals surface area (Å²) in [6.07, 6.45) is 4.49. The van der Waals surface area contributed by atoms with Crippen LogP contribution in [0.4, 0.5) is 5.69 Å². The van der Waals surface area contributed by atoms with Crippen molar-refractivity contribution in [2.45, 2.75) is 65.0 Å². The Morgan fingerprint density at radius 2 is 1.88 bits per heavy atom. The van der Waals surface area contributed by atoms with E-state index in [9.17, 15) is 14.4 Å². The summed E-state index contributed by atoms with van der Waals surface area (Å²) in [5.41, 5.74) is 14.3. The summed E-state index contributed by atoms with van der Waals surface area (Å²) in [6.45, 7) is 7.90. The standard InChI is InChI=1S/C24H37N5O3/c1-24(2,10-13-26)11-15-28(14-4-3-12-25)19-7-5-6-17-18(19)16-29(23(17)32)20-8-9-21(30)27-22(20)31/h5-7,20H,3-4,8-16,25-26H2,1-2H3,(H,27,30,31). The van der Waals surface area contributed by atoms with Crippen LogP contribution in [0.2, 0.25) is 0 Å².